The van der Waals surface area contributed by atoms with Gasteiger partial charge in [0.1, 0.15) is 5.69 Å². The zero-order chi connectivity index (χ0) is 15.9. The normalized spacial score (nSPS) is 15.5. The second-order valence-corrected chi connectivity index (χ2v) is 5.72. The number of fused-ring (bicyclic) bond motifs is 1. The summed E-state index contributed by atoms with van der Waals surface area (Å²) in [5.41, 5.74) is 0.970. The molecule has 0 unspecified atom stereocenters. The Bertz CT molecular complexity index is 777. The topological polar surface area (TPSA) is 107 Å². The maximum Gasteiger partial charge on any atom is 0.407 e. The molecule has 0 aromatic carbocycles. The molecular weight excluding hydrogens is 356 g/mol. The van der Waals surface area contributed by atoms with Crippen LogP contribution in [0.3, 0.4) is 0 Å². The number of hydrogen-bond acceptors (Lipinski definition) is 5. The Morgan fingerprint density at radius 2 is 2.00 bits per heavy atom. The molecule has 1 amide bonds. The Morgan fingerprint density at radius 3 is 2.59 bits per heavy atom. The van der Waals surface area contributed by atoms with Crippen LogP contribution in [0.2, 0.25) is 0 Å². The number of aryl methyl sites for hydroxylation is 1. The number of carbonyl (C=O) groups is 1. The Balaban J connectivity index is 2.01. The Hall–Kier alpha value is -2.10. The van der Waals surface area contributed by atoms with E-state index in [0.717, 1.165) is 0 Å². The van der Waals surface area contributed by atoms with Gasteiger partial charge in [0.05, 0.1) is 5.69 Å². The molecule has 1 aliphatic rings. The van der Waals surface area contributed by atoms with Crippen LogP contribution in [0.15, 0.2) is 9.53 Å². The van der Waals surface area contributed by atoms with Crippen molar-refractivity contribution in [3.63, 3.8) is 0 Å². The Morgan fingerprint density at radius 1 is 1.32 bits per heavy atom. The van der Waals surface area contributed by atoms with Crippen molar-refractivity contribution in [2.45, 2.75) is 13.3 Å². The van der Waals surface area contributed by atoms with Gasteiger partial charge in [0.25, 0.3) is 11.3 Å². The third-order valence-electron chi connectivity index (χ3n) is 3.72. The molecule has 3 heterocycles. The average Bonchev–Trinajstić information content (AvgIpc) is 2.88. The van der Waals surface area contributed by atoms with Crippen LogP contribution in [0, 0.1) is 0 Å². The van der Waals surface area contributed by atoms with E-state index in [1.807, 2.05) is 11.8 Å². The molecule has 2 N–H and O–H groups in total. The van der Waals surface area contributed by atoms with Crippen LogP contribution in [0.5, 0.6) is 0 Å². The van der Waals surface area contributed by atoms with Gasteiger partial charge in [-0.25, -0.2) is 9.78 Å². The number of amides is 1. The lowest BCUT2D eigenvalue weighted by atomic mass is 10.2. The first-order chi connectivity index (χ1) is 10.5. The summed E-state index contributed by atoms with van der Waals surface area (Å²) in [6, 6.07) is 0. The first-order valence-corrected chi connectivity index (χ1v) is 7.70. The fourth-order valence-electron chi connectivity index (χ4n) is 2.61. The predicted molar refractivity (Wildman–Crippen MR) is 82.5 cm³/mol. The van der Waals surface area contributed by atoms with Crippen molar-refractivity contribution in [2.24, 2.45) is 0 Å². The molecule has 0 saturated carbocycles. The molecule has 1 aliphatic heterocycles. The molecule has 1 fully saturated rings. The van der Waals surface area contributed by atoms with Gasteiger partial charge in [-0.1, -0.05) is 6.92 Å². The predicted octanol–water partition coefficient (Wildman–Crippen LogP) is 0.542. The molecule has 0 radical (unpaired) electrons. The van der Waals surface area contributed by atoms with Crippen LogP contribution in [-0.4, -0.2) is 61.9 Å². The fraction of sp³-hybridized carbons (Fsp3) is 0.500. The number of nitrogens with zero attached hydrogens (tertiary/aromatic N) is 5. The number of piperazine rings is 1. The number of carboxylic acid groups (broad SMARTS) is 1. The van der Waals surface area contributed by atoms with E-state index in [9.17, 15) is 9.59 Å². The summed E-state index contributed by atoms with van der Waals surface area (Å²) in [5.74, 6) is 0.321. The van der Waals surface area contributed by atoms with E-state index in [0.29, 0.717) is 54.5 Å². The molecule has 0 aliphatic carbocycles. The zero-order valence-electron chi connectivity index (χ0n) is 11.9. The van der Waals surface area contributed by atoms with E-state index < -0.39 is 6.09 Å². The quantitative estimate of drug-likeness (QED) is 0.798. The molecule has 10 heteroatoms. The average molecular weight is 371 g/mol. The van der Waals surface area contributed by atoms with Gasteiger partial charge in [-0.15, -0.1) is 0 Å². The van der Waals surface area contributed by atoms with Gasteiger partial charge in [-0.05, 0) is 22.4 Å². The van der Waals surface area contributed by atoms with Gasteiger partial charge >= 0.3 is 6.09 Å². The van der Waals surface area contributed by atoms with E-state index in [2.05, 4.69) is 31.0 Å². The molecular formula is C12H15BrN6O3. The van der Waals surface area contributed by atoms with Crippen molar-refractivity contribution in [3.05, 3.63) is 20.8 Å². The summed E-state index contributed by atoms with van der Waals surface area (Å²) >= 11 is 3.20. The second kappa shape index (κ2) is 5.59. The molecule has 9 nitrogen and oxygen atoms in total. The fourth-order valence-corrected chi connectivity index (χ4v) is 2.95. The monoisotopic (exact) mass is 370 g/mol. The van der Waals surface area contributed by atoms with Crippen LogP contribution < -0.4 is 10.5 Å². The van der Waals surface area contributed by atoms with Gasteiger partial charge in [0.2, 0.25) is 0 Å². The number of hydrogen-bond donors (Lipinski definition) is 2. The summed E-state index contributed by atoms with van der Waals surface area (Å²) in [4.78, 5) is 35.5. The van der Waals surface area contributed by atoms with Crippen LogP contribution in [0.1, 0.15) is 12.6 Å². The second-order valence-electron chi connectivity index (χ2n) is 4.97. The highest BCUT2D eigenvalue weighted by Gasteiger charge is 2.25. The zero-order valence-corrected chi connectivity index (χ0v) is 13.5. The van der Waals surface area contributed by atoms with Crippen molar-refractivity contribution in [2.75, 3.05) is 31.1 Å². The molecule has 118 valence electrons. The minimum Gasteiger partial charge on any atom is -0.465 e. The van der Waals surface area contributed by atoms with Gasteiger partial charge in [0.15, 0.2) is 4.73 Å². The van der Waals surface area contributed by atoms with E-state index in [4.69, 9.17) is 5.11 Å². The number of H-pyrrole nitrogens is 1. The largest absolute Gasteiger partial charge is 0.465 e. The summed E-state index contributed by atoms with van der Waals surface area (Å²) in [6.07, 6.45) is -0.330. The number of nitrogens with one attached hydrogen (secondary N) is 1. The molecule has 2 aromatic heterocycles. The summed E-state index contributed by atoms with van der Waals surface area (Å²) in [7, 11) is 0. The number of halogens is 1. The SMILES string of the molecule is CCc1nc2nc(Br)[nH]n2c(=O)c1N1CCN(C(=O)O)CC1. The van der Waals surface area contributed by atoms with Crippen LogP contribution in [0.25, 0.3) is 5.78 Å². The van der Waals surface area contributed by atoms with Crippen molar-refractivity contribution in [1.29, 1.82) is 0 Å². The lowest BCUT2D eigenvalue weighted by Gasteiger charge is -2.34. The van der Waals surface area contributed by atoms with Crippen molar-refractivity contribution >= 4 is 33.5 Å². The molecule has 2 aromatic rings. The molecule has 0 spiro atoms. The third kappa shape index (κ3) is 2.43. The van der Waals surface area contributed by atoms with Crippen molar-refractivity contribution < 1.29 is 9.90 Å². The van der Waals surface area contributed by atoms with E-state index in [1.54, 1.807) is 0 Å². The van der Waals surface area contributed by atoms with E-state index >= 15 is 0 Å². The molecule has 0 atom stereocenters. The maximum atomic E-state index is 12.7. The van der Waals surface area contributed by atoms with Crippen LogP contribution in [0.4, 0.5) is 10.5 Å². The number of anilines is 1. The highest BCUT2D eigenvalue weighted by molar-refractivity contribution is 9.10. The Kier molecular flexibility index (Phi) is 3.77. The lowest BCUT2D eigenvalue weighted by molar-refractivity contribution is 0.142. The third-order valence-corrected chi connectivity index (χ3v) is 4.07. The summed E-state index contributed by atoms with van der Waals surface area (Å²) in [5, 5.41) is 11.8. The molecule has 22 heavy (non-hydrogen) atoms. The minimum absolute atomic E-state index is 0.219. The maximum absolute atomic E-state index is 12.7. The first kappa shape index (κ1) is 14.8. The number of aromatic nitrogens is 4. The highest BCUT2D eigenvalue weighted by Crippen LogP contribution is 2.18. The van der Waals surface area contributed by atoms with E-state index in [1.165, 1.54) is 9.42 Å². The standard InChI is InChI=1S/C12H15BrN6O3/c1-2-7-8(17-3-5-18(6-4-17)12(21)22)9(20)19-11(14-7)15-10(13)16-19/h2-6H2,1H3,(H,21,22)(H,14,15,16). The lowest BCUT2D eigenvalue weighted by Crippen LogP contribution is -2.50. The Labute approximate surface area is 133 Å². The molecule has 3 rings (SSSR count). The summed E-state index contributed by atoms with van der Waals surface area (Å²) in [6.45, 7) is 3.60. The van der Waals surface area contributed by atoms with Gasteiger partial charge < -0.3 is 14.9 Å². The molecule has 0 bridgehead atoms. The smallest absolute Gasteiger partial charge is 0.407 e. The summed E-state index contributed by atoms with van der Waals surface area (Å²) < 4.78 is 1.73. The van der Waals surface area contributed by atoms with Gasteiger partial charge in [0, 0.05) is 26.2 Å². The van der Waals surface area contributed by atoms with Crippen LogP contribution >= 0.6 is 15.9 Å². The van der Waals surface area contributed by atoms with Gasteiger partial charge in [-0.3, -0.25) is 9.89 Å². The minimum atomic E-state index is -0.932. The highest BCUT2D eigenvalue weighted by atomic mass is 79.9. The van der Waals surface area contributed by atoms with Gasteiger partial charge in [-0.2, -0.15) is 9.50 Å². The van der Waals surface area contributed by atoms with E-state index in [-0.39, 0.29) is 5.56 Å². The number of aromatic amines is 1. The van der Waals surface area contributed by atoms with Crippen molar-refractivity contribution in [1.82, 2.24) is 24.5 Å². The molecule has 1 saturated heterocycles. The number of rotatable bonds is 2. The first-order valence-electron chi connectivity index (χ1n) is 6.91. The van der Waals surface area contributed by atoms with Crippen LogP contribution in [-0.2, 0) is 6.42 Å². The van der Waals surface area contributed by atoms with Crippen molar-refractivity contribution in [3.8, 4) is 0 Å².